The fourth-order valence-corrected chi connectivity index (χ4v) is 2.70. The van der Waals surface area contributed by atoms with Crippen molar-refractivity contribution < 1.29 is 9.53 Å². The average molecular weight is 257 g/mol. The number of amides is 1. The number of carbonyl (C=O) groups excluding carboxylic acids is 1. The monoisotopic (exact) mass is 257 g/mol. The molecule has 4 rings (SSSR count). The molecule has 1 aromatic rings. The lowest BCUT2D eigenvalue weighted by molar-refractivity contribution is -0.127. The van der Waals surface area contributed by atoms with Crippen LogP contribution >= 0.6 is 0 Å². The lowest BCUT2D eigenvalue weighted by Gasteiger charge is -2.32. The smallest absolute Gasteiger partial charge is 0.259 e. The quantitative estimate of drug-likeness (QED) is 0.776. The Bertz CT molecular complexity index is 580. The lowest BCUT2D eigenvalue weighted by Crippen LogP contribution is -2.50. The number of benzene rings is 1. The minimum atomic E-state index is -0.803. The second kappa shape index (κ2) is 3.81. The maximum atomic E-state index is 12.4. The lowest BCUT2D eigenvalue weighted by atomic mass is 9.85. The van der Waals surface area contributed by atoms with Gasteiger partial charge in [0.15, 0.2) is 11.5 Å². The SMILES string of the molecule is O=C1NC(=NC2CC2)NC12COCc1ccccc12. The molecule has 2 N–H and O–H groups in total. The summed E-state index contributed by atoms with van der Waals surface area (Å²) in [6.45, 7) is 0.904. The molecule has 98 valence electrons. The molecule has 2 heterocycles. The molecule has 1 saturated carbocycles. The first-order chi connectivity index (χ1) is 9.28. The highest BCUT2D eigenvalue weighted by Crippen LogP contribution is 2.33. The Morgan fingerprint density at radius 1 is 1.32 bits per heavy atom. The van der Waals surface area contributed by atoms with Crippen molar-refractivity contribution in [2.24, 2.45) is 4.99 Å². The summed E-state index contributed by atoms with van der Waals surface area (Å²) in [6, 6.07) is 8.29. The molecule has 2 aliphatic heterocycles. The molecular formula is C14H15N3O2. The normalized spacial score (nSPS) is 31.2. The highest BCUT2D eigenvalue weighted by molar-refractivity contribution is 6.09. The van der Waals surface area contributed by atoms with Gasteiger partial charge in [-0.1, -0.05) is 24.3 Å². The van der Waals surface area contributed by atoms with Crippen LogP contribution in [0.25, 0.3) is 0 Å². The van der Waals surface area contributed by atoms with Crippen LogP contribution in [0.5, 0.6) is 0 Å². The maximum Gasteiger partial charge on any atom is 0.259 e. The van der Waals surface area contributed by atoms with E-state index in [1.165, 1.54) is 0 Å². The zero-order valence-corrected chi connectivity index (χ0v) is 10.5. The second-order valence-corrected chi connectivity index (χ2v) is 5.34. The summed E-state index contributed by atoms with van der Waals surface area (Å²) in [4.78, 5) is 16.9. The Kier molecular flexibility index (Phi) is 2.20. The zero-order valence-electron chi connectivity index (χ0n) is 10.5. The minimum absolute atomic E-state index is 0.0703. The van der Waals surface area contributed by atoms with E-state index >= 15 is 0 Å². The number of nitrogens with zero attached hydrogens (tertiary/aromatic N) is 1. The molecular weight excluding hydrogens is 242 g/mol. The standard InChI is InChI=1S/C14H15N3O2/c18-12-14(17-13(16-12)15-10-5-6-10)8-19-7-9-3-1-2-4-11(9)14/h1-4,10H,5-8H2,(H2,15,16,17,18). The molecule has 1 unspecified atom stereocenters. The van der Waals surface area contributed by atoms with Crippen LogP contribution in [0.2, 0.25) is 0 Å². The fourth-order valence-electron chi connectivity index (χ4n) is 2.70. The molecule has 3 aliphatic rings. The molecule has 2 fully saturated rings. The Hall–Kier alpha value is -1.88. The van der Waals surface area contributed by atoms with Gasteiger partial charge in [-0.25, -0.2) is 4.99 Å². The Morgan fingerprint density at radius 3 is 3.00 bits per heavy atom. The zero-order chi connectivity index (χ0) is 12.9. The van der Waals surface area contributed by atoms with E-state index in [0.717, 1.165) is 24.0 Å². The fraction of sp³-hybridized carbons (Fsp3) is 0.429. The third-order valence-electron chi connectivity index (χ3n) is 3.86. The van der Waals surface area contributed by atoms with Crippen molar-refractivity contribution in [3.05, 3.63) is 35.4 Å². The van der Waals surface area contributed by atoms with Crippen molar-refractivity contribution in [3.63, 3.8) is 0 Å². The molecule has 1 spiro atoms. The predicted octanol–water partition coefficient (Wildman–Crippen LogP) is 0.650. The molecule has 19 heavy (non-hydrogen) atoms. The van der Waals surface area contributed by atoms with Crippen LogP contribution in [0, 0.1) is 0 Å². The molecule has 0 bridgehead atoms. The summed E-state index contributed by atoms with van der Waals surface area (Å²) < 4.78 is 5.59. The van der Waals surface area contributed by atoms with Crippen molar-refractivity contribution in [2.45, 2.75) is 31.0 Å². The number of ether oxygens (including phenoxy) is 1. The number of rotatable bonds is 1. The van der Waals surface area contributed by atoms with Crippen LogP contribution in [0.3, 0.4) is 0 Å². The minimum Gasteiger partial charge on any atom is -0.373 e. The number of nitrogens with one attached hydrogen (secondary N) is 2. The average Bonchev–Trinajstić information content (AvgIpc) is 3.17. The van der Waals surface area contributed by atoms with Gasteiger partial charge in [0.25, 0.3) is 5.91 Å². The van der Waals surface area contributed by atoms with Gasteiger partial charge in [0.05, 0.1) is 19.3 Å². The third-order valence-corrected chi connectivity index (χ3v) is 3.86. The first kappa shape index (κ1) is 11.0. The molecule has 1 aromatic carbocycles. The van der Waals surface area contributed by atoms with E-state index in [1.54, 1.807) is 0 Å². The Labute approximate surface area is 111 Å². The van der Waals surface area contributed by atoms with Crippen LogP contribution < -0.4 is 10.6 Å². The molecule has 1 atom stereocenters. The summed E-state index contributed by atoms with van der Waals surface area (Å²) in [7, 11) is 0. The molecule has 1 amide bonds. The summed E-state index contributed by atoms with van der Waals surface area (Å²) in [6.07, 6.45) is 2.22. The van der Waals surface area contributed by atoms with E-state index in [0.29, 0.717) is 25.2 Å². The van der Waals surface area contributed by atoms with Crippen LogP contribution in [-0.4, -0.2) is 24.5 Å². The van der Waals surface area contributed by atoms with Crippen molar-refractivity contribution >= 4 is 11.9 Å². The van der Waals surface area contributed by atoms with Crippen LogP contribution in [0.4, 0.5) is 0 Å². The van der Waals surface area contributed by atoms with Gasteiger partial charge in [0, 0.05) is 0 Å². The van der Waals surface area contributed by atoms with E-state index in [1.807, 2.05) is 24.3 Å². The van der Waals surface area contributed by atoms with Crippen molar-refractivity contribution in [1.82, 2.24) is 10.6 Å². The van der Waals surface area contributed by atoms with E-state index < -0.39 is 5.54 Å². The number of aliphatic imine (C=N–C) groups is 1. The Morgan fingerprint density at radius 2 is 2.16 bits per heavy atom. The first-order valence-corrected chi connectivity index (χ1v) is 6.61. The summed E-state index contributed by atoms with van der Waals surface area (Å²) in [5.41, 5.74) is 1.26. The van der Waals surface area contributed by atoms with Gasteiger partial charge in [-0.3, -0.25) is 10.1 Å². The number of hydrogen-bond acceptors (Lipinski definition) is 3. The molecule has 1 saturated heterocycles. The van der Waals surface area contributed by atoms with Gasteiger partial charge >= 0.3 is 0 Å². The summed E-state index contributed by atoms with van der Waals surface area (Å²) >= 11 is 0. The van der Waals surface area contributed by atoms with Crippen LogP contribution in [0.15, 0.2) is 29.3 Å². The van der Waals surface area contributed by atoms with Gasteiger partial charge in [0.2, 0.25) is 0 Å². The topological polar surface area (TPSA) is 62.7 Å². The molecule has 0 aromatic heterocycles. The van der Waals surface area contributed by atoms with Crippen LogP contribution in [0.1, 0.15) is 24.0 Å². The van der Waals surface area contributed by atoms with Crippen molar-refractivity contribution in [1.29, 1.82) is 0 Å². The largest absolute Gasteiger partial charge is 0.373 e. The number of fused-ring (bicyclic) bond motifs is 2. The molecule has 5 heteroatoms. The van der Waals surface area contributed by atoms with Gasteiger partial charge in [-0.05, 0) is 24.0 Å². The van der Waals surface area contributed by atoms with E-state index in [2.05, 4.69) is 15.6 Å². The van der Waals surface area contributed by atoms with Gasteiger partial charge in [-0.15, -0.1) is 0 Å². The highest BCUT2D eigenvalue weighted by Gasteiger charge is 2.50. The highest BCUT2D eigenvalue weighted by atomic mass is 16.5. The van der Waals surface area contributed by atoms with Crippen molar-refractivity contribution in [3.8, 4) is 0 Å². The second-order valence-electron chi connectivity index (χ2n) is 5.34. The molecule has 5 nitrogen and oxygen atoms in total. The van der Waals surface area contributed by atoms with Gasteiger partial charge in [-0.2, -0.15) is 0 Å². The van der Waals surface area contributed by atoms with Gasteiger partial charge in [0.1, 0.15) is 0 Å². The predicted molar refractivity (Wildman–Crippen MR) is 69.5 cm³/mol. The summed E-state index contributed by atoms with van der Waals surface area (Å²) in [5, 5.41) is 6.09. The summed E-state index contributed by atoms with van der Waals surface area (Å²) in [5.74, 6) is 0.520. The number of hydrogen-bond donors (Lipinski definition) is 2. The maximum absolute atomic E-state index is 12.4. The first-order valence-electron chi connectivity index (χ1n) is 6.61. The molecule has 0 radical (unpaired) electrons. The molecule has 1 aliphatic carbocycles. The Balaban J connectivity index is 1.76. The van der Waals surface area contributed by atoms with E-state index in [9.17, 15) is 4.79 Å². The van der Waals surface area contributed by atoms with E-state index in [-0.39, 0.29) is 5.91 Å². The third kappa shape index (κ3) is 1.65. The number of carbonyl (C=O) groups is 1. The van der Waals surface area contributed by atoms with E-state index in [4.69, 9.17) is 4.74 Å². The number of guanidine groups is 1. The van der Waals surface area contributed by atoms with Crippen molar-refractivity contribution in [2.75, 3.05) is 6.61 Å². The van der Waals surface area contributed by atoms with Gasteiger partial charge < -0.3 is 10.1 Å². The van der Waals surface area contributed by atoms with Crippen LogP contribution in [-0.2, 0) is 21.7 Å².